The standard InChI is InChI=1S/C21H20N2O/c1-14-4-7-17(8-5-14)21(24)11-10-19-13-20(23-22-19)18-9-6-15(2)16(3)12-18/h4-13H,1-3H3,(H,22,23)/b11-10+. The molecular formula is C21H20N2O. The Morgan fingerprint density at radius 1 is 0.958 bits per heavy atom. The number of aryl methyl sites for hydroxylation is 3. The van der Waals surface area contributed by atoms with Crippen molar-refractivity contribution < 1.29 is 4.79 Å². The number of hydrogen-bond acceptors (Lipinski definition) is 2. The van der Waals surface area contributed by atoms with E-state index in [1.165, 1.54) is 11.1 Å². The molecule has 1 heterocycles. The average Bonchev–Trinajstić information content (AvgIpc) is 3.05. The molecule has 0 aliphatic carbocycles. The predicted octanol–water partition coefficient (Wildman–Crippen LogP) is 4.90. The van der Waals surface area contributed by atoms with Crippen LogP contribution in [0.5, 0.6) is 0 Å². The number of H-pyrrole nitrogens is 1. The zero-order valence-corrected chi connectivity index (χ0v) is 14.1. The minimum Gasteiger partial charge on any atom is -0.289 e. The van der Waals surface area contributed by atoms with Gasteiger partial charge in [-0.15, -0.1) is 0 Å². The number of nitrogens with one attached hydrogen (secondary N) is 1. The summed E-state index contributed by atoms with van der Waals surface area (Å²) in [4.78, 5) is 12.2. The summed E-state index contributed by atoms with van der Waals surface area (Å²) >= 11 is 0. The highest BCUT2D eigenvalue weighted by Gasteiger charge is 2.05. The lowest BCUT2D eigenvalue weighted by molar-refractivity contribution is 0.104. The van der Waals surface area contributed by atoms with Gasteiger partial charge in [0.05, 0.1) is 11.4 Å². The van der Waals surface area contributed by atoms with Crippen molar-refractivity contribution in [2.45, 2.75) is 20.8 Å². The van der Waals surface area contributed by atoms with E-state index in [2.05, 4.69) is 42.2 Å². The molecule has 0 amide bonds. The lowest BCUT2D eigenvalue weighted by atomic mass is 10.0. The van der Waals surface area contributed by atoms with Crippen molar-refractivity contribution in [3.63, 3.8) is 0 Å². The molecule has 24 heavy (non-hydrogen) atoms. The molecule has 0 bridgehead atoms. The van der Waals surface area contributed by atoms with E-state index < -0.39 is 0 Å². The van der Waals surface area contributed by atoms with Crippen LogP contribution in [0.1, 0.15) is 32.7 Å². The summed E-state index contributed by atoms with van der Waals surface area (Å²) in [5.41, 5.74) is 7.08. The Balaban J connectivity index is 1.77. The van der Waals surface area contributed by atoms with E-state index >= 15 is 0 Å². The fourth-order valence-electron chi connectivity index (χ4n) is 2.45. The van der Waals surface area contributed by atoms with Crippen LogP contribution in [0.2, 0.25) is 0 Å². The normalized spacial score (nSPS) is 11.1. The molecule has 0 unspecified atom stereocenters. The predicted molar refractivity (Wildman–Crippen MR) is 98.0 cm³/mol. The summed E-state index contributed by atoms with van der Waals surface area (Å²) in [7, 11) is 0. The number of ketones is 1. The molecule has 1 aromatic heterocycles. The lowest BCUT2D eigenvalue weighted by Gasteiger charge is -2.01. The Hall–Kier alpha value is -2.94. The largest absolute Gasteiger partial charge is 0.289 e. The third kappa shape index (κ3) is 3.51. The molecule has 0 fully saturated rings. The topological polar surface area (TPSA) is 45.8 Å². The molecular weight excluding hydrogens is 296 g/mol. The molecule has 0 atom stereocenters. The maximum atomic E-state index is 12.2. The molecule has 3 nitrogen and oxygen atoms in total. The maximum absolute atomic E-state index is 12.2. The summed E-state index contributed by atoms with van der Waals surface area (Å²) in [5.74, 6) is -0.0164. The molecule has 1 N–H and O–H groups in total. The maximum Gasteiger partial charge on any atom is 0.185 e. The minimum atomic E-state index is -0.0164. The van der Waals surface area contributed by atoms with Crippen molar-refractivity contribution in [3.8, 4) is 11.3 Å². The quantitative estimate of drug-likeness (QED) is 0.550. The van der Waals surface area contributed by atoms with Gasteiger partial charge < -0.3 is 0 Å². The second-order valence-corrected chi connectivity index (χ2v) is 6.07. The summed E-state index contributed by atoms with van der Waals surface area (Å²) < 4.78 is 0. The van der Waals surface area contributed by atoms with Crippen molar-refractivity contribution in [1.29, 1.82) is 0 Å². The molecule has 3 heteroatoms. The Kier molecular flexibility index (Phi) is 4.43. The summed E-state index contributed by atoms with van der Waals surface area (Å²) in [6.45, 7) is 6.18. The van der Waals surface area contributed by atoms with Crippen molar-refractivity contribution in [1.82, 2.24) is 10.2 Å². The fourth-order valence-corrected chi connectivity index (χ4v) is 2.45. The van der Waals surface area contributed by atoms with Gasteiger partial charge in [-0.3, -0.25) is 9.89 Å². The third-order valence-electron chi connectivity index (χ3n) is 4.15. The molecule has 0 aliphatic rings. The molecule has 0 aliphatic heterocycles. The zero-order valence-electron chi connectivity index (χ0n) is 14.1. The molecule has 0 spiro atoms. The number of hydrogen-bond donors (Lipinski definition) is 1. The van der Waals surface area contributed by atoms with Crippen molar-refractivity contribution in [3.05, 3.63) is 82.6 Å². The van der Waals surface area contributed by atoms with Gasteiger partial charge in [-0.1, -0.05) is 42.0 Å². The van der Waals surface area contributed by atoms with Crippen LogP contribution >= 0.6 is 0 Å². The van der Waals surface area contributed by atoms with Crippen LogP contribution in [0, 0.1) is 20.8 Å². The summed E-state index contributed by atoms with van der Waals surface area (Å²) in [5, 5.41) is 7.30. The first-order valence-electron chi connectivity index (χ1n) is 7.95. The van der Waals surface area contributed by atoms with E-state index in [1.54, 1.807) is 12.2 Å². The number of aromatic nitrogens is 2. The number of carbonyl (C=O) groups excluding carboxylic acids is 1. The second-order valence-electron chi connectivity index (χ2n) is 6.07. The van der Waals surface area contributed by atoms with Gasteiger partial charge in [0.2, 0.25) is 0 Å². The van der Waals surface area contributed by atoms with Crippen molar-refractivity contribution in [2.75, 3.05) is 0 Å². The van der Waals surface area contributed by atoms with Gasteiger partial charge >= 0.3 is 0 Å². The summed E-state index contributed by atoms with van der Waals surface area (Å²) in [6, 6.07) is 15.8. The zero-order chi connectivity index (χ0) is 17.1. The smallest absolute Gasteiger partial charge is 0.185 e. The van der Waals surface area contributed by atoms with E-state index in [0.29, 0.717) is 5.56 Å². The van der Waals surface area contributed by atoms with Crippen LogP contribution in [0.3, 0.4) is 0 Å². The highest BCUT2D eigenvalue weighted by Crippen LogP contribution is 2.21. The van der Waals surface area contributed by atoms with Crippen LogP contribution in [0.25, 0.3) is 17.3 Å². The van der Waals surface area contributed by atoms with Gasteiger partial charge in [-0.25, -0.2) is 0 Å². The molecule has 0 saturated heterocycles. The number of allylic oxidation sites excluding steroid dienone is 1. The van der Waals surface area contributed by atoms with Crippen LogP contribution in [-0.2, 0) is 0 Å². The number of benzene rings is 2. The van der Waals surface area contributed by atoms with Gasteiger partial charge in [0.15, 0.2) is 5.78 Å². The van der Waals surface area contributed by atoms with E-state index in [0.717, 1.165) is 22.5 Å². The molecule has 0 saturated carbocycles. The molecule has 2 aromatic carbocycles. The third-order valence-corrected chi connectivity index (χ3v) is 4.15. The number of carbonyl (C=O) groups is 1. The Labute approximate surface area is 142 Å². The highest BCUT2D eigenvalue weighted by molar-refractivity contribution is 6.06. The first kappa shape index (κ1) is 15.9. The summed E-state index contributed by atoms with van der Waals surface area (Å²) in [6.07, 6.45) is 3.34. The number of nitrogens with zero attached hydrogens (tertiary/aromatic N) is 1. The van der Waals surface area contributed by atoms with E-state index in [-0.39, 0.29) is 5.78 Å². The number of aromatic amines is 1. The SMILES string of the molecule is Cc1ccc(C(=O)/C=C/c2cc(-c3ccc(C)c(C)c3)n[nH]2)cc1. The van der Waals surface area contributed by atoms with Gasteiger partial charge in [0.25, 0.3) is 0 Å². The molecule has 0 radical (unpaired) electrons. The first-order chi connectivity index (χ1) is 11.5. The molecule has 120 valence electrons. The monoisotopic (exact) mass is 316 g/mol. The van der Waals surface area contributed by atoms with Gasteiger partial charge in [0.1, 0.15) is 0 Å². The van der Waals surface area contributed by atoms with Crippen LogP contribution in [0.15, 0.2) is 54.6 Å². The van der Waals surface area contributed by atoms with E-state index in [9.17, 15) is 4.79 Å². The van der Waals surface area contributed by atoms with Crippen LogP contribution in [0.4, 0.5) is 0 Å². The van der Waals surface area contributed by atoms with Gasteiger partial charge in [0, 0.05) is 11.1 Å². The fraction of sp³-hybridized carbons (Fsp3) is 0.143. The number of rotatable bonds is 4. The molecule has 3 aromatic rings. The van der Waals surface area contributed by atoms with Crippen molar-refractivity contribution >= 4 is 11.9 Å². The first-order valence-corrected chi connectivity index (χ1v) is 7.95. The highest BCUT2D eigenvalue weighted by atomic mass is 16.1. The van der Waals surface area contributed by atoms with Crippen LogP contribution in [-0.4, -0.2) is 16.0 Å². The van der Waals surface area contributed by atoms with Crippen LogP contribution < -0.4 is 0 Å². The van der Waals surface area contributed by atoms with E-state index in [1.807, 2.05) is 37.3 Å². The molecule has 3 rings (SSSR count). The second kappa shape index (κ2) is 6.67. The Morgan fingerprint density at radius 2 is 1.71 bits per heavy atom. The lowest BCUT2D eigenvalue weighted by Crippen LogP contribution is -1.93. The van der Waals surface area contributed by atoms with E-state index in [4.69, 9.17) is 0 Å². The minimum absolute atomic E-state index is 0.0164. The Morgan fingerprint density at radius 3 is 2.42 bits per heavy atom. The van der Waals surface area contributed by atoms with Gasteiger partial charge in [-0.2, -0.15) is 5.10 Å². The average molecular weight is 316 g/mol. The van der Waals surface area contributed by atoms with Gasteiger partial charge in [-0.05, 0) is 56.2 Å². The Bertz CT molecular complexity index is 902. The van der Waals surface area contributed by atoms with Crippen molar-refractivity contribution in [2.24, 2.45) is 0 Å².